The molecule has 2 N–H and O–H groups in total. The van der Waals surface area contributed by atoms with Gasteiger partial charge in [0.1, 0.15) is 0 Å². The second-order valence-corrected chi connectivity index (χ2v) is 6.69. The van der Waals surface area contributed by atoms with Gasteiger partial charge >= 0.3 is 5.97 Å². The SMILES string of the molecule is CCCCC[C@H](O)/C=C/[C@H]1CCC(=O)N1CCSCC(=O)O. The van der Waals surface area contributed by atoms with Crippen LogP contribution in [-0.2, 0) is 9.59 Å². The van der Waals surface area contributed by atoms with Gasteiger partial charge in [0.2, 0.25) is 5.91 Å². The van der Waals surface area contributed by atoms with Crippen LogP contribution < -0.4 is 0 Å². The van der Waals surface area contributed by atoms with E-state index in [1.165, 1.54) is 11.8 Å². The van der Waals surface area contributed by atoms with Crippen LogP contribution >= 0.6 is 11.8 Å². The predicted molar refractivity (Wildman–Crippen MR) is 89.0 cm³/mol. The molecule has 0 aliphatic carbocycles. The van der Waals surface area contributed by atoms with E-state index < -0.39 is 12.1 Å². The van der Waals surface area contributed by atoms with E-state index in [-0.39, 0.29) is 17.7 Å². The molecule has 1 amide bonds. The number of carbonyl (C=O) groups excluding carboxylic acids is 1. The van der Waals surface area contributed by atoms with E-state index in [9.17, 15) is 14.7 Å². The monoisotopic (exact) mass is 329 g/mol. The van der Waals surface area contributed by atoms with Crippen molar-refractivity contribution in [2.75, 3.05) is 18.1 Å². The summed E-state index contributed by atoms with van der Waals surface area (Å²) in [6.07, 6.45) is 8.64. The lowest BCUT2D eigenvalue weighted by molar-refractivity contribution is -0.134. The second kappa shape index (κ2) is 10.7. The number of nitrogens with zero attached hydrogens (tertiary/aromatic N) is 1. The van der Waals surface area contributed by atoms with Gasteiger partial charge in [-0.15, -0.1) is 11.8 Å². The second-order valence-electron chi connectivity index (χ2n) is 5.59. The van der Waals surface area contributed by atoms with Crippen LogP contribution in [0.2, 0.25) is 0 Å². The Morgan fingerprint density at radius 2 is 2.27 bits per heavy atom. The Balaban J connectivity index is 2.36. The number of aliphatic hydroxyl groups is 1. The van der Waals surface area contributed by atoms with Crippen molar-refractivity contribution in [3.63, 3.8) is 0 Å². The molecule has 1 rings (SSSR count). The molecule has 0 aromatic heterocycles. The van der Waals surface area contributed by atoms with E-state index in [2.05, 4.69) is 6.92 Å². The van der Waals surface area contributed by atoms with Gasteiger partial charge in [-0.05, 0) is 12.8 Å². The number of aliphatic carboxylic acids is 1. The Bertz CT molecular complexity index is 386. The third-order valence-corrected chi connectivity index (χ3v) is 4.66. The first kappa shape index (κ1) is 19.0. The van der Waals surface area contributed by atoms with Crippen LogP contribution in [0.25, 0.3) is 0 Å². The molecule has 1 aliphatic heterocycles. The topological polar surface area (TPSA) is 77.8 Å². The number of hydrogen-bond acceptors (Lipinski definition) is 4. The fourth-order valence-corrected chi connectivity index (χ4v) is 3.17. The predicted octanol–water partition coefficient (Wildman–Crippen LogP) is 2.29. The summed E-state index contributed by atoms with van der Waals surface area (Å²) in [6.45, 7) is 2.70. The lowest BCUT2D eigenvalue weighted by atomic mass is 10.1. The molecule has 1 saturated heterocycles. The maximum Gasteiger partial charge on any atom is 0.313 e. The van der Waals surface area contributed by atoms with Gasteiger partial charge in [0.05, 0.1) is 17.9 Å². The highest BCUT2D eigenvalue weighted by Crippen LogP contribution is 2.21. The van der Waals surface area contributed by atoms with Crippen molar-refractivity contribution in [1.82, 2.24) is 4.90 Å². The highest BCUT2D eigenvalue weighted by Gasteiger charge is 2.28. The summed E-state index contributed by atoms with van der Waals surface area (Å²) in [4.78, 5) is 24.1. The first-order valence-corrected chi connectivity index (χ1v) is 9.15. The Morgan fingerprint density at radius 1 is 1.50 bits per heavy atom. The minimum atomic E-state index is -0.829. The number of aliphatic hydroxyl groups excluding tert-OH is 1. The Labute approximate surface area is 136 Å². The number of thioether (sulfide) groups is 1. The largest absolute Gasteiger partial charge is 0.481 e. The highest BCUT2D eigenvalue weighted by molar-refractivity contribution is 7.99. The Morgan fingerprint density at radius 3 is 2.95 bits per heavy atom. The van der Waals surface area contributed by atoms with Crippen molar-refractivity contribution < 1.29 is 19.8 Å². The number of unbranched alkanes of at least 4 members (excludes halogenated alkanes) is 2. The molecule has 0 radical (unpaired) electrons. The van der Waals surface area contributed by atoms with Gasteiger partial charge in [-0.25, -0.2) is 0 Å². The molecule has 1 fully saturated rings. The van der Waals surface area contributed by atoms with Gasteiger partial charge in [-0.2, -0.15) is 0 Å². The van der Waals surface area contributed by atoms with Crippen LogP contribution in [0, 0.1) is 0 Å². The zero-order chi connectivity index (χ0) is 16.4. The van der Waals surface area contributed by atoms with Crippen LogP contribution in [-0.4, -0.2) is 57.2 Å². The molecule has 6 heteroatoms. The lowest BCUT2D eigenvalue weighted by Gasteiger charge is -2.22. The van der Waals surface area contributed by atoms with Crippen molar-refractivity contribution >= 4 is 23.6 Å². The molecule has 2 atom stereocenters. The summed E-state index contributed by atoms with van der Waals surface area (Å²) < 4.78 is 0. The first-order chi connectivity index (χ1) is 10.5. The molecule has 1 aliphatic rings. The maximum atomic E-state index is 11.9. The van der Waals surface area contributed by atoms with Gasteiger partial charge in [0.25, 0.3) is 0 Å². The van der Waals surface area contributed by atoms with Crippen LogP contribution in [0.5, 0.6) is 0 Å². The molecule has 126 valence electrons. The normalized spacial score (nSPS) is 20.0. The van der Waals surface area contributed by atoms with Gasteiger partial charge in [-0.1, -0.05) is 38.3 Å². The number of amides is 1. The van der Waals surface area contributed by atoms with Gasteiger partial charge in [-0.3, -0.25) is 9.59 Å². The Hall–Kier alpha value is -1.01. The van der Waals surface area contributed by atoms with Gasteiger partial charge < -0.3 is 15.1 Å². The summed E-state index contributed by atoms with van der Waals surface area (Å²) in [5.74, 6) is -0.0180. The minimum Gasteiger partial charge on any atom is -0.481 e. The van der Waals surface area contributed by atoms with Crippen LogP contribution in [0.1, 0.15) is 45.4 Å². The number of carboxylic acids is 1. The van der Waals surface area contributed by atoms with Crippen molar-refractivity contribution in [3.05, 3.63) is 12.2 Å². The van der Waals surface area contributed by atoms with Gasteiger partial charge in [0.15, 0.2) is 0 Å². The van der Waals surface area contributed by atoms with E-state index in [1.807, 2.05) is 6.08 Å². The summed E-state index contributed by atoms with van der Waals surface area (Å²) in [5.41, 5.74) is 0. The number of carbonyl (C=O) groups is 2. The summed E-state index contributed by atoms with van der Waals surface area (Å²) >= 11 is 1.32. The van der Waals surface area contributed by atoms with Crippen LogP contribution in [0.15, 0.2) is 12.2 Å². The van der Waals surface area contributed by atoms with Crippen molar-refractivity contribution in [3.8, 4) is 0 Å². The van der Waals surface area contributed by atoms with Crippen molar-refractivity contribution in [2.45, 2.75) is 57.6 Å². The fourth-order valence-electron chi connectivity index (χ4n) is 2.52. The highest BCUT2D eigenvalue weighted by atomic mass is 32.2. The average molecular weight is 329 g/mol. The standard InChI is InChI=1S/C16H27NO4S/c1-2-3-4-5-14(18)8-6-13-7-9-15(19)17(13)10-11-22-12-16(20)21/h6,8,13-14,18H,2-5,7,9-12H2,1H3,(H,20,21)/b8-6+/t13-,14-/m0/s1. The van der Waals surface area contributed by atoms with E-state index in [0.717, 1.165) is 32.1 Å². The number of hydrogen-bond donors (Lipinski definition) is 2. The van der Waals surface area contributed by atoms with E-state index in [4.69, 9.17) is 5.11 Å². The molecule has 0 saturated carbocycles. The quantitative estimate of drug-likeness (QED) is 0.449. The molecule has 22 heavy (non-hydrogen) atoms. The zero-order valence-electron chi connectivity index (χ0n) is 13.2. The number of rotatable bonds is 11. The Kier molecular flexibility index (Phi) is 9.24. The summed E-state index contributed by atoms with van der Waals surface area (Å²) in [6, 6.07) is 0.0405. The van der Waals surface area contributed by atoms with E-state index in [1.54, 1.807) is 11.0 Å². The van der Waals surface area contributed by atoms with Crippen LogP contribution in [0.4, 0.5) is 0 Å². The maximum absolute atomic E-state index is 11.9. The molecular weight excluding hydrogens is 302 g/mol. The van der Waals surface area contributed by atoms with Crippen molar-refractivity contribution in [1.29, 1.82) is 0 Å². The smallest absolute Gasteiger partial charge is 0.313 e. The molecule has 0 unspecified atom stereocenters. The zero-order valence-corrected chi connectivity index (χ0v) is 14.1. The lowest BCUT2D eigenvalue weighted by Crippen LogP contribution is -2.34. The van der Waals surface area contributed by atoms with Crippen LogP contribution in [0.3, 0.4) is 0 Å². The minimum absolute atomic E-state index is 0.0405. The third kappa shape index (κ3) is 7.31. The van der Waals surface area contributed by atoms with Gasteiger partial charge in [0, 0.05) is 18.7 Å². The third-order valence-electron chi connectivity index (χ3n) is 3.74. The molecule has 0 bridgehead atoms. The fraction of sp³-hybridized carbons (Fsp3) is 0.750. The molecule has 0 aromatic carbocycles. The van der Waals surface area contributed by atoms with E-state index >= 15 is 0 Å². The summed E-state index contributed by atoms with van der Waals surface area (Å²) in [7, 11) is 0. The summed E-state index contributed by atoms with van der Waals surface area (Å²) in [5, 5.41) is 18.5. The average Bonchev–Trinajstić information content (AvgIpc) is 2.82. The molecule has 5 nitrogen and oxygen atoms in total. The van der Waals surface area contributed by atoms with E-state index in [0.29, 0.717) is 18.7 Å². The molecule has 1 heterocycles. The first-order valence-electron chi connectivity index (χ1n) is 8.00. The molecule has 0 aromatic rings. The number of likely N-dealkylation sites (tertiary alicyclic amines) is 1. The molecular formula is C16H27NO4S. The molecule has 0 spiro atoms. The number of carboxylic acid groups (broad SMARTS) is 1. The van der Waals surface area contributed by atoms with Crippen molar-refractivity contribution in [2.24, 2.45) is 0 Å².